The number of hydrogen-bond donors (Lipinski definition) is 1. The number of nitrogens with zero attached hydrogens (tertiary/aromatic N) is 3. The Morgan fingerprint density at radius 1 is 1.13 bits per heavy atom. The largest absolute Gasteiger partial charge is 0.383 e. The van der Waals surface area contributed by atoms with Gasteiger partial charge in [0.1, 0.15) is 17.5 Å². The summed E-state index contributed by atoms with van der Waals surface area (Å²) < 4.78 is 1.97. The van der Waals surface area contributed by atoms with E-state index in [2.05, 4.69) is 29.3 Å². The average Bonchev–Trinajstić information content (AvgIpc) is 2.95. The number of pyridine rings is 1. The number of aromatic nitrogens is 2. The van der Waals surface area contributed by atoms with Crippen molar-refractivity contribution in [3.63, 3.8) is 0 Å². The zero-order valence-corrected chi connectivity index (χ0v) is 13.5. The molecule has 1 aromatic carbocycles. The Labute approximate surface area is 135 Å². The number of rotatable bonds is 2. The van der Waals surface area contributed by atoms with Crippen molar-refractivity contribution in [2.75, 3.05) is 5.73 Å². The van der Waals surface area contributed by atoms with Gasteiger partial charge in [-0.05, 0) is 43.7 Å². The fraction of sp³-hybridized carbons (Fsp3) is 0.158. The summed E-state index contributed by atoms with van der Waals surface area (Å²) in [6.07, 6.45) is 1.95. The molecule has 3 aromatic rings. The number of anilines is 1. The maximum absolute atomic E-state index is 9.47. The molecule has 0 radical (unpaired) electrons. The molecule has 0 aliphatic carbocycles. The van der Waals surface area contributed by atoms with E-state index in [-0.39, 0.29) is 5.82 Å². The molecule has 3 rings (SSSR count). The molecule has 0 fully saturated rings. The predicted octanol–water partition coefficient (Wildman–Crippen LogP) is 3.82. The van der Waals surface area contributed by atoms with Crippen LogP contribution >= 0.6 is 0 Å². The van der Waals surface area contributed by atoms with Gasteiger partial charge in [-0.2, -0.15) is 5.26 Å². The van der Waals surface area contributed by atoms with Crippen LogP contribution < -0.4 is 5.73 Å². The molecule has 2 aromatic heterocycles. The summed E-state index contributed by atoms with van der Waals surface area (Å²) in [4.78, 5) is 4.46. The van der Waals surface area contributed by atoms with E-state index >= 15 is 0 Å². The number of hydrogen-bond acceptors (Lipinski definition) is 3. The fourth-order valence-electron chi connectivity index (χ4n) is 2.78. The molecule has 23 heavy (non-hydrogen) atoms. The molecule has 4 heteroatoms. The Hall–Kier alpha value is -3.06. The van der Waals surface area contributed by atoms with Gasteiger partial charge < -0.3 is 10.3 Å². The smallest absolute Gasteiger partial charge is 0.142 e. The molecule has 2 heterocycles. The van der Waals surface area contributed by atoms with Crippen LogP contribution in [0.2, 0.25) is 0 Å². The van der Waals surface area contributed by atoms with Gasteiger partial charge in [0, 0.05) is 30.1 Å². The first-order chi connectivity index (χ1) is 11.0. The van der Waals surface area contributed by atoms with Crippen LogP contribution in [0.5, 0.6) is 0 Å². The molecule has 4 nitrogen and oxygen atoms in total. The van der Waals surface area contributed by atoms with E-state index in [4.69, 9.17) is 5.73 Å². The summed E-state index contributed by atoms with van der Waals surface area (Å²) in [5.74, 6) is 0.266. The molecule has 0 unspecified atom stereocenters. The van der Waals surface area contributed by atoms with Crippen LogP contribution in [0.25, 0.3) is 22.5 Å². The highest BCUT2D eigenvalue weighted by molar-refractivity contribution is 5.79. The van der Waals surface area contributed by atoms with Crippen LogP contribution in [-0.4, -0.2) is 9.55 Å². The summed E-state index contributed by atoms with van der Waals surface area (Å²) in [5.41, 5.74) is 12.4. The van der Waals surface area contributed by atoms with Crippen LogP contribution in [0.3, 0.4) is 0 Å². The van der Waals surface area contributed by atoms with Gasteiger partial charge in [0.15, 0.2) is 0 Å². The lowest BCUT2D eigenvalue weighted by Gasteiger charge is -2.13. The van der Waals surface area contributed by atoms with Crippen molar-refractivity contribution in [3.8, 4) is 28.6 Å². The van der Waals surface area contributed by atoms with Gasteiger partial charge >= 0.3 is 0 Å². The summed E-state index contributed by atoms with van der Waals surface area (Å²) >= 11 is 0. The number of nitrogens with two attached hydrogens (primary N) is 1. The molecular formula is C19H18N4. The maximum Gasteiger partial charge on any atom is 0.142 e. The molecule has 0 atom stereocenters. The van der Waals surface area contributed by atoms with E-state index in [0.717, 1.165) is 33.6 Å². The molecule has 2 N–H and O–H groups in total. The highest BCUT2D eigenvalue weighted by Gasteiger charge is 2.16. The second kappa shape index (κ2) is 5.62. The second-order valence-electron chi connectivity index (χ2n) is 5.75. The first-order valence-electron chi connectivity index (χ1n) is 7.41. The van der Waals surface area contributed by atoms with E-state index in [1.165, 1.54) is 0 Å². The van der Waals surface area contributed by atoms with Crippen LogP contribution in [0, 0.1) is 25.2 Å². The lowest BCUT2D eigenvalue weighted by molar-refractivity contribution is 0.936. The van der Waals surface area contributed by atoms with Gasteiger partial charge in [0.25, 0.3) is 0 Å². The van der Waals surface area contributed by atoms with Crippen molar-refractivity contribution in [2.24, 2.45) is 7.05 Å². The third-order valence-electron chi connectivity index (χ3n) is 4.05. The lowest BCUT2D eigenvalue weighted by Crippen LogP contribution is -2.02. The fourth-order valence-corrected chi connectivity index (χ4v) is 2.78. The van der Waals surface area contributed by atoms with E-state index in [9.17, 15) is 5.26 Å². The summed E-state index contributed by atoms with van der Waals surface area (Å²) in [6.45, 7) is 4.10. The monoisotopic (exact) mass is 302 g/mol. The minimum absolute atomic E-state index is 0.266. The highest BCUT2D eigenvalue weighted by Crippen LogP contribution is 2.32. The van der Waals surface area contributed by atoms with Gasteiger partial charge in [0.05, 0.1) is 5.69 Å². The second-order valence-corrected chi connectivity index (χ2v) is 5.75. The molecule has 0 saturated heterocycles. The third kappa shape index (κ3) is 2.58. The topological polar surface area (TPSA) is 67.6 Å². The first kappa shape index (κ1) is 14.9. The molecule has 0 spiro atoms. The minimum atomic E-state index is 0.266. The Bertz CT molecular complexity index is 929. The minimum Gasteiger partial charge on any atom is -0.383 e. The maximum atomic E-state index is 9.47. The van der Waals surface area contributed by atoms with Crippen LogP contribution in [0.15, 0.2) is 42.6 Å². The van der Waals surface area contributed by atoms with Gasteiger partial charge in [-0.3, -0.25) is 0 Å². The highest BCUT2D eigenvalue weighted by atomic mass is 14.9. The van der Waals surface area contributed by atoms with Crippen molar-refractivity contribution in [3.05, 3.63) is 59.3 Å². The Kier molecular flexibility index (Phi) is 3.63. The van der Waals surface area contributed by atoms with Crippen molar-refractivity contribution in [1.29, 1.82) is 5.26 Å². The number of aryl methyl sites for hydroxylation is 3. The molecule has 0 aliphatic heterocycles. The van der Waals surface area contributed by atoms with Crippen LogP contribution in [0.4, 0.5) is 5.82 Å². The average molecular weight is 302 g/mol. The first-order valence-corrected chi connectivity index (χ1v) is 7.41. The van der Waals surface area contributed by atoms with E-state index in [1.54, 1.807) is 0 Å². The van der Waals surface area contributed by atoms with Crippen LogP contribution in [-0.2, 0) is 7.05 Å². The normalized spacial score (nSPS) is 10.5. The predicted molar refractivity (Wildman–Crippen MR) is 92.7 cm³/mol. The summed E-state index contributed by atoms with van der Waals surface area (Å²) in [5, 5.41) is 9.47. The lowest BCUT2D eigenvalue weighted by atomic mass is 9.98. The van der Waals surface area contributed by atoms with E-state index < -0.39 is 0 Å². The van der Waals surface area contributed by atoms with E-state index in [0.29, 0.717) is 5.56 Å². The molecule has 114 valence electrons. The standard InChI is InChI=1S/C19H18N4/c1-12-6-7-13(2)14(9-12)17-10-15(16(11-20)19(21)22-17)18-5-4-8-23(18)3/h4-10H,1-3H3,(H2,21,22). The zero-order valence-electron chi connectivity index (χ0n) is 13.5. The van der Waals surface area contributed by atoms with Crippen molar-refractivity contribution in [1.82, 2.24) is 9.55 Å². The molecule has 0 aliphatic rings. The van der Waals surface area contributed by atoms with Gasteiger partial charge in [-0.25, -0.2) is 4.98 Å². The van der Waals surface area contributed by atoms with Crippen LogP contribution in [0.1, 0.15) is 16.7 Å². The molecular weight excluding hydrogens is 284 g/mol. The molecule has 0 amide bonds. The zero-order chi connectivity index (χ0) is 16.6. The van der Waals surface area contributed by atoms with Crippen molar-refractivity contribution >= 4 is 5.82 Å². The van der Waals surface area contributed by atoms with Crippen molar-refractivity contribution < 1.29 is 0 Å². The van der Waals surface area contributed by atoms with Gasteiger partial charge in [-0.1, -0.05) is 17.7 Å². The quantitative estimate of drug-likeness (QED) is 0.782. The van der Waals surface area contributed by atoms with Gasteiger partial charge in [0.2, 0.25) is 0 Å². The Morgan fingerprint density at radius 2 is 1.91 bits per heavy atom. The van der Waals surface area contributed by atoms with E-state index in [1.807, 2.05) is 49.9 Å². The number of benzene rings is 1. The summed E-state index contributed by atoms with van der Waals surface area (Å²) in [7, 11) is 1.95. The third-order valence-corrected chi connectivity index (χ3v) is 4.05. The number of nitriles is 1. The molecule has 0 bridgehead atoms. The van der Waals surface area contributed by atoms with Gasteiger partial charge in [-0.15, -0.1) is 0 Å². The Balaban J connectivity index is 2.30. The Morgan fingerprint density at radius 3 is 2.57 bits per heavy atom. The number of nitrogen functional groups attached to an aromatic ring is 1. The molecule has 0 saturated carbocycles. The summed E-state index contributed by atoms with van der Waals surface area (Å²) in [6, 6.07) is 14.3. The SMILES string of the molecule is Cc1ccc(C)c(-c2cc(-c3cccn3C)c(C#N)c(N)n2)c1. The van der Waals surface area contributed by atoms with Crippen molar-refractivity contribution in [2.45, 2.75) is 13.8 Å².